The fourth-order valence-electron chi connectivity index (χ4n) is 2.56. The molecule has 0 aromatic carbocycles. The number of hydrogen-bond donors (Lipinski definition) is 1. The smallest absolute Gasteiger partial charge is 0.131 e. The Hall–Kier alpha value is -0.760. The SMILES string of the molecule is CCC1CCCCC1Nc1cccc(Cl)n1. The van der Waals surface area contributed by atoms with Crippen LogP contribution < -0.4 is 5.32 Å². The van der Waals surface area contributed by atoms with Crippen LogP contribution in [-0.4, -0.2) is 11.0 Å². The average molecular weight is 239 g/mol. The molecule has 1 aliphatic carbocycles. The van der Waals surface area contributed by atoms with Crippen LogP contribution in [0.25, 0.3) is 0 Å². The number of nitrogens with zero attached hydrogens (tertiary/aromatic N) is 1. The second-order valence-corrected chi connectivity index (χ2v) is 4.94. The van der Waals surface area contributed by atoms with Crippen LogP contribution in [0.1, 0.15) is 39.0 Å². The number of nitrogens with one attached hydrogen (secondary N) is 1. The van der Waals surface area contributed by atoms with E-state index in [0.717, 1.165) is 11.7 Å². The molecule has 16 heavy (non-hydrogen) atoms. The van der Waals surface area contributed by atoms with Gasteiger partial charge >= 0.3 is 0 Å². The monoisotopic (exact) mass is 238 g/mol. The van der Waals surface area contributed by atoms with E-state index in [4.69, 9.17) is 11.6 Å². The fourth-order valence-corrected chi connectivity index (χ4v) is 2.73. The predicted octanol–water partition coefficient (Wildman–Crippen LogP) is 4.12. The Kier molecular flexibility index (Phi) is 4.05. The molecular formula is C13H19ClN2. The van der Waals surface area contributed by atoms with Gasteiger partial charge in [-0.2, -0.15) is 0 Å². The maximum Gasteiger partial charge on any atom is 0.131 e. The molecule has 0 amide bonds. The zero-order valence-electron chi connectivity index (χ0n) is 9.75. The summed E-state index contributed by atoms with van der Waals surface area (Å²) >= 11 is 5.88. The molecule has 2 nitrogen and oxygen atoms in total. The highest BCUT2D eigenvalue weighted by Gasteiger charge is 2.23. The van der Waals surface area contributed by atoms with Gasteiger partial charge in [0.15, 0.2) is 0 Å². The van der Waals surface area contributed by atoms with Crippen LogP contribution in [0.4, 0.5) is 5.82 Å². The third-order valence-corrected chi connectivity index (χ3v) is 3.69. The van der Waals surface area contributed by atoms with Crippen molar-refractivity contribution in [2.24, 2.45) is 5.92 Å². The van der Waals surface area contributed by atoms with Crippen molar-refractivity contribution >= 4 is 17.4 Å². The molecule has 1 saturated carbocycles. The maximum atomic E-state index is 5.88. The van der Waals surface area contributed by atoms with E-state index in [9.17, 15) is 0 Å². The van der Waals surface area contributed by atoms with Crippen LogP contribution in [0.15, 0.2) is 18.2 Å². The molecule has 0 aliphatic heterocycles. The van der Waals surface area contributed by atoms with E-state index in [-0.39, 0.29) is 0 Å². The number of aromatic nitrogens is 1. The van der Waals surface area contributed by atoms with Gasteiger partial charge in [-0.1, -0.05) is 43.9 Å². The lowest BCUT2D eigenvalue weighted by Crippen LogP contribution is -2.32. The largest absolute Gasteiger partial charge is 0.367 e. The summed E-state index contributed by atoms with van der Waals surface area (Å²) in [5, 5.41) is 4.09. The van der Waals surface area contributed by atoms with Gasteiger partial charge in [0.25, 0.3) is 0 Å². The minimum Gasteiger partial charge on any atom is -0.367 e. The minimum atomic E-state index is 0.564. The first-order chi connectivity index (χ1) is 7.79. The first-order valence-corrected chi connectivity index (χ1v) is 6.56. The highest BCUT2D eigenvalue weighted by atomic mass is 35.5. The van der Waals surface area contributed by atoms with Gasteiger partial charge in [-0.3, -0.25) is 0 Å². The highest BCUT2D eigenvalue weighted by molar-refractivity contribution is 6.29. The third-order valence-electron chi connectivity index (χ3n) is 3.48. The van der Waals surface area contributed by atoms with Gasteiger partial charge in [-0.15, -0.1) is 0 Å². The second kappa shape index (κ2) is 5.53. The number of halogens is 1. The van der Waals surface area contributed by atoms with Crippen LogP contribution in [0.2, 0.25) is 5.15 Å². The predicted molar refractivity (Wildman–Crippen MR) is 68.9 cm³/mol. The Morgan fingerprint density at radius 2 is 2.19 bits per heavy atom. The van der Waals surface area contributed by atoms with Gasteiger partial charge in [0, 0.05) is 6.04 Å². The fraction of sp³-hybridized carbons (Fsp3) is 0.615. The zero-order chi connectivity index (χ0) is 11.4. The molecule has 1 fully saturated rings. The highest BCUT2D eigenvalue weighted by Crippen LogP contribution is 2.29. The Morgan fingerprint density at radius 1 is 1.38 bits per heavy atom. The molecule has 0 spiro atoms. The van der Waals surface area contributed by atoms with Crippen molar-refractivity contribution in [2.45, 2.75) is 45.1 Å². The molecule has 2 atom stereocenters. The van der Waals surface area contributed by atoms with E-state index in [1.54, 1.807) is 0 Å². The lowest BCUT2D eigenvalue weighted by molar-refractivity contribution is 0.317. The lowest BCUT2D eigenvalue weighted by atomic mass is 9.83. The Labute approximate surface area is 102 Å². The minimum absolute atomic E-state index is 0.564. The molecule has 1 aliphatic rings. The van der Waals surface area contributed by atoms with E-state index >= 15 is 0 Å². The zero-order valence-corrected chi connectivity index (χ0v) is 10.5. The van der Waals surface area contributed by atoms with Crippen LogP contribution in [0, 0.1) is 5.92 Å². The van der Waals surface area contributed by atoms with Gasteiger partial charge in [0.05, 0.1) is 0 Å². The van der Waals surface area contributed by atoms with E-state index < -0.39 is 0 Å². The second-order valence-electron chi connectivity index (χ2n) is 4.55. The van der Waals surface area contributed by atoms with Crippen molar-refractivity contribution in [3.05, 3.63) is 23.4 Å². The van der Waals surface area contributed by atoms with Crippen LogP contribution in [-0.2, 0) is 0 Å². The van der Waals surface area contributed by atoms with Crippen molar-refractivity contribution in [2.75, 3.05) is 5.32 Å². The van der Waals surface area contributed by atoms with Crippen LogP contribution in [0.3, 0.4) is 0 Å². The molecule has 88 valence electrons. The summed E-state index contributed by atoms with van der Waals surface area (Å²) < 4.78 is 0. The first-order valence-electron chi connectivity index (χ1n) is 6.18. The van der Waals surface area contributed by atoms with Crippen molar-refractivity contribution in [1.82, 2.24) is 4.98 Å². The lowest BCUT2D eigenvalue weighted by Gasteiger charge is -2.31. The third kappa shape index (κ3) is 2.88. The summed E-state index contributed by atoms with van der Waals surface area (Å²) in [5.74, 6) is 1.70. The summed E-state index contributed by atoms with van der Waals surface area (Å²) in [7, 11) is 0. The number of rotatable bonds is 3. The molecule has 0 saturated heterocycles. The van der Waals surface area contributed by atoms with E-state index in [2.05, 4.69) is 17.2 Å². The molecule has 0 bridgehead atoms. The summed E-state index contributed by atoms with van der Waals surface area (Å²) in [4.78, 5) is 4.29. The summed E-state index contributed by atoms with van der Waals surface area (Å²) in [6.45, 7) is 2.27. The quantitative estimate of drug-likeness (QED) is 0.802. The molecule has 2 rings (SSSR count). The van der Waals surface area contributed by atoms with Crippen molar-refractivity contribution in [1.29, 1.82) is 0 Å². The van der Waals surface area contributed by atoms with Crippen molar-refractivity contribution in [3.8, 4) is 0 Å². The van der Waals surface area contributed by atoms with Gasteiger partial charge in [-0.05, 0) is 30.9 Å². The standard InChI is InChI=1S/C13H19ClN2/c1-2-10-6-3-4-7-11(10)15-13-9-5-8-12(14)16-13/h5,8-11H,2-4,6-7H2,1H3,(H,15,16). The maximum absolute atomic E-state index is 5.88. The number of hydrogen-bond acceptors (Lipinski definition) is 2. The Morgan fingerprint density at radius 3 is 2.94 bits per heavy atom. The normalized spacial score (nSPS) is 25.4. The van der Waals surface area contributed by atoms with Crippen molar-refractivity contribution in [3.63, 3.8) is 0 Å². The molecule has 1 heterocycles. The molecule has 2 unspecified atom stereocenters. The van der Waals surface area contributed by atoms with Crippen LogP contribution >= 0.6 is 11.6 Å². The Balaban J connectivity index is 2.02. The number of pyridine rings is 1. The molecule has 1 aromatic rings. The number of anilines is 1. The molecule has 1 N–H and O–H groups in total. The summed E-state index contributed by atoms with van der Waals surface area (Å²) in [6.07, 6.45) is 6.55. The van der Waals surface area contributed by atoms with E-state index in [1.165, 1.54) is 32.1 Å². The molecule has 0 radical (unpaired) electrons. The van der Waals surface area contributed by atoms with Gasteiger partial charge in [0.2, 0.25) is 0 Å². The average Bonchev–Trinajstić information content (AvgIpc) is 2.30. The van der Waals surface area contributed by atoms with Crippen molar-refractivity contribution < 1.29 is 0 Å². The van der Waals surface area contributed by atoms with E-state index in [0.29, 0.717) is 11.2 Å². The summed E-state index contributed by atoms with van der Waals surface area (Å²) in [5.41, 5.74) is 0. The van der Waals surface area contributed by atoms with Gasteiger partial charge < -0.3 is 5.32 Å². The molecule has 3 heteroatoms. The van der Waals surface area contributed by atoms with Gasteiger partial charge in [0.1, 0.15) is 11.0 Å². The molecular weight excluding hydrogens is 220 g/mol. The Bertz CT molecular complexity index is 340. The topological polar surface area (TPSA) is 24.9 Å². The summed E-state index contributed by atoms with van der Waals surface area (Å²) in [6, 6.07) is 6.32. The van der Waals surface area contributed by atoms with Gasteiger partial charge in [-0.25, -0.2) is 4.98 Å². The molecule has 1 aromatic heterocycles. The first kappa shape index (κ1) is 11.7. The van der Waals surface area contributed by atoms with E-state index in [1.807, 2.05) is 18.2 Å². The van der Waals surface area contributed by atoms with Crippen LogP contribution in [0.5, 0.6) is 0 Å².